The third-order valence-electron chi connectivity index (χ3n) is 4.89. The summed E-state index contributed by atoms with van der Waals surface area (Å²) in [4.78, 5) is 16.3. The highest BCUT2D eigenvalue weighted by molar-refractivity contribution is 5.79. The molecule has 0 radical (unpaired) electrons. The molecular formula is C17H22N4O. The lowest BCUT2D eigenvalue weighted by Gasteiger charge is -2.43. The van der Waals surface area contributed by atoms with Crippen molar-refractivity contribution in [3.8, 4) is 11.8 Å². The van der Waals surface area contributed by atoms with E-state index in [2.05, 4.69) is 33.7 Å². The van der Waals surface area contributed by atoms with Gasteiger partial charge in [0.1, 0.15) is 0 Å². The average molecular weight is 298 g/mol. The molecule has 2 fully saturated rings. The van der Waals surface area contributed by atoms with Crippen LogP contribution in [0.4, 0.5) is 0 Å². The van der Waals surface area contributed by atoms with Crippen LogP contribution in [0.25, 0.3) is 0 Å². The van der Waals surface area contributed by atoms with Crippen molar-refractivity contribution < 1.29 is 4.79 Å². The van der Waals surface area contributed by atoms with Crippen LogP contribution in [0.15, 0.2) is 18.5 Å². The molecule has 0 bridgehead atoms. The molecule has 4 atom stereocenters. The third-order valence-corrected chi connectivity index (χ3v) is 4.89. The number of hydrogen-bond acceptors (Lipinski definition) is 4. The van der Waals surface area contributed by atoms with E-state index in [9.17, 15) is 4.79 Å². The van der Waals surface area contributed by atoms with Crippen LogP contribution in [0.2, 0.25) is 0 Å². The SMILES string of the molecule is CC#Cc1cncc(C2CCC3C(=O)NNC(CN)C3C2)c1. The lowest BCUT2D eigenvalue weighted by Crippen LogP contribution is -2.62. The lowest BCUT2D eigenvalue weighted by molar-refractivity contribution is -0.133. The highest BCUT2D eigenvalue weighted by atomic mass is 16.2. The number of rotatable bonds is 2. The van der Waals surface area contributed by atoms with E-state index in [1.54, 1.807) is 6.20 Å². The van der Waals surface area contributed by atoms with Gasteiger partial charge in [-0.2, -0.15) is 0 Å². The molecule has 4 unspecified atom stereocenters. The minimum atomic E-state index is 0.0811. The standard InChI is InChI=1S/C17H22N4O/c1-2-3-11-6-13(10-19-9-11)12-4-5-14-15(7-12)16(8-18)20-21-17(14)22/h6,9-10,12,14-16,20H,4-5,7-8,18H2,1H3,(H,21,22). The van der Waals surface area contributed by atoms with Gasteiger partial charge in [-0.25, -0.2) is 5.43 Å². The summed E-state index contributed by atoms with van der Waals surface area (Å²) in [5.41, 5.74) is 13.9. The molecule has 0 aromatic carbocycles. The molecule has 1 amide bonds. The first kappa shape index (κ1) is 15.0. The Balaban J connectivity index is 1.80. The van der Waals surface area contributed by atoms with Crippen LogP contribution in [0, 0.1) is 23.7 Å². The maximum atomic E-state index is 12.0. The van der Waals surface area contributed by atoms with Gasteiger partial charge in [0.05, 0.1) is 0 Å². The minimum absolute atomic E-state index is 0.0811. The number of fused-ring (bicyclic) bond motifs is 1. The summed E-state index contributed by atoms with van der Waals surface area (Å²) in [6.07, 6.45) is 6.61. The van der Waals surface area contributed by atoms with Crippen LogP contribution < -0.4 is 16.6 Å². The highest BCUT2D eigenvalue weighted by Gasteiger charge is 2.42. The van der Waals surface area contributed by atoms with Gasteiger partial charge >= 0.3 is 0 Å². The summed E-state index contributed by atoms with van der Waals surface area (Å²) < 4.78 is 0. The Morgan fingerprint density at radius 2 is 2.27 bits per heavy atom. The van der Waals surface area contributed by atoms with E-state index in [0.717, 1.165) is 24.8 Å². The molecule has 1 saturated heterocycles. The summed E-state index contributed by atoms with van der Waals surface area (Å²) in [5.74, 6) is 6.88. The Hall–Kier alpha value is -1.90. The fourth-order valence-corrected chi connectivity index (χ4v) is 3.77. The van der Waals surface area contributed by atoms with Crippen molar-refractivity contribution in [1.82, 2.24) is 15.8 Å². The van der Waals surface area contributed by atoms with Gasteiger partial charge in [-0.15, -0.1) is 5.92 Å². The number of aromatic nitrogens is 1. The van der Waals surface area contributed by atoms with Gasteiger partial charge in [0.25, 0.3) is 0 Å². The number of nitrogens with one attached hydrogen (secondary N) is 2. The quantitative estimate of drug-likeness (QED) is 0.709. The van der Waals surface area contributed by atoms with E-state index >= 15 is 0 Å². The smallest absolute Gasteiger partial charge is 0.237 e. The number of carbonyl (C=O) groups is 1. The Morgan fingerprint density at radius 1 is 1.41 bits per heavy atom. The first-order chi connectivity index (χ1) is 10.7. The molecule has 1 aliphatic carbocycles. The zero-order valence-electron chi connectivity index (χ0n) is 12.8. The number of hydrogen-bond donors (Lipinski definition) is 3. The first-order valence-electron chi connectivity index (χ1n) is 7.86. The summed E-state index contributed by atoms with van der Waals surface area (Å²) in [5, 5.41) is 0. The highest BCUT2D eigenvalue weighted by Crippen LogP contribution is 2.42. The predicted octanol–water partition coefficient (Wildman–Crippen LogP) is 0.915. The Bertz CT molecular complexity index is 619. The summed E-state index contributed by atoms with van der Waals surface area (Å²) in [7, 11) is 0. The Morgan fingerprint density at radius 3 is 3.05 bits per heavy atom. The van der Waals surface area contributed by atoms with Crippen LogP contribution in [-0.4, -0.2) is 23.5 Å². The first-order valence-corrected chi connectivity index (χ1v) is 7.86. The fourth-order valence-electron chi connectivity index (χ4n) is 3.77. The molecule has 2 heterocycles. The molecule has 5 heteroatoms. The van der Waals surface area contributed by atoms with Gasteiger partial charge in [0.2, 0.25) is 5.91 Å². The molecule has 5 nitrogen and oxygen atoms in total. The number of nitrogens with zero attached hydrogens (tertiary/aromatic N) is 1. The molecule has 1 saturated carbocycles. The van der Waals surface area contributed by atoms with Crippen molar-refractivity contribution in [2.24, 2.45) is 17.6 Å². The topological polar surface area (TPSA) is 80.0 Å². The van der Waals surface area contributed by atoms with E-state index in [1.807, 2.05) is 13.1 Å². The van der Waals surface area contributed by atoms with Gasteiger partial charge in [0.15, 0.2) is 0 Å². The minimum Gasteiger partial charge on any atom is -0.329 e. The average Bonchev–Trinajstić information content (AvgIpc) is 2.55. The predicted molar refractivity (Wildman–Crippen MR) is 84.5 cm³/mol. The number of hydrazine groups is 1. The van der Waals surface area contributed by atoms with Crippen molar-refractivity contribution >= 4 is 5.91 Å². The molecule has 0 spiro atoms. The van der Waals surface area contributed by atoms with Gasteiger partial charge in [-0.3, -0.25) is 15.2 Å². The second kappa shape index (κ2) is 6.47. The second-order valence-corrected chi connectivity index (χ2v) is 6.14. The lowest BCUT2D eigenvalue weighted by atomic mass is 9.68. The maximum Gasteiger partial charge on any atom is 0.237 e. The van der Waals surface area contributed by atoms with E-state index in [1.165, 1.54) is 5.56 Å². The number of amides is 1. The molecule has 4 N–H and O–H groups in total. The van der Waals surface area contributed by atoms with Crippen molar-refractivity contribution in [2.45, 2.75) is 38.1 Å². The zero-order valence-corrected chi connectivity index (χ0v) is 12.8. The molecule has 1 aromatic rings. The van der Waals surface area contributed by atoms with E-state index in [4.69, 9.17) is 5.73 Å². The van der Waals surface area contributed by atoms with Crippen LogP contribution in [0.1, 0.15) is 43.2 Å². The van der Waals surface area contributed by atoms with Crippen LogP contribution in [0.5, 0.6) is 0 Å². The van der Waals surface area contributed by atoms with Gasteiger partial charge in [-0.1, -0.05) is 5.92 Å². The molecule has 2 aliphatic rings. The largest absolute Gasteiger partial charge is 0.329 e. The molecule has 22 heavy (non-hydrogen) atoms. The fraction of sp³-hybridized carbons (Fsp3) is 0.529. The Labute approximate surface area is 131 Å². The van der Waals surface area contributed by atoms with Crippen molar-refractivity contribution in [1.29, 1.82) is 0 Å². The molecular weight excluding hydrogens is 276 g/mol. The third kappa shape index (κ3) is 2.85. The van der Waals surface area contributed by atoms with E-state index in [-0.39, 0.29) is 17.9 Å². The van der Waals surface area contributed by atoms with E-state index in [0.29, 0.717) is 18.4 Å². The van der Waals surface area contributed by atoms with E-state index < -0.39 is 0 Å². The molecule has 1 aliphatic heterocycles. The molecule has 3 rings (SSSR count). The number of pyridine rings is 1. The van der Waals surface area contributed by atoms with Crippen LogP contribution in [-0.2, 0) is 4.79 Å². The number of carbonyl (C=O) groups excluding carboxylic acids is 1. The van der Waals surface area contributed by atoms with Crippen molar-refractivity contribution in [3.05, 3.63) is 29.6 Å². The van der Waals surface area contributed by atoms with Gasteiger partial charge in [-0.05, 0) is 49.7 Å². The van der Waals surface area contributed by atoms with Crippen LogP contribution >= 0.6 is 0 Å². The van der Waals surface area contributed by atoms with Gasteiger partial charge < -0.3 is 5.73 Å². The summed E-state index contributed by atoms with van der Waals surface area (Å²) in [6, 6.07) is 2.28. The van der Waals surface area contributed by atoms with Crippen LogP contribution in [0.3, 0.4) is 0 Å². The maximum absolute atomic E-state index is 12.0. The molecule has 1 aromatic heterocycles. The molecule has 116 valence electrons. The monoisotopic (exact) mass is 298 g/mol. The summed E-state index contributed by atoms with van der Waals surface area (Å²) >= 11 is 0. The van der Waals surface area contributed by atoms with Crippen molar-refractivity contribution in [2.75, 3.05) is 6.54 Å². The van der Waals surface area contributed by atoms with Crippen molar-refractivity contribution in [3.63, 3.8) is 0 Å². The zero-order chi connectivity index (χ0) is 15.5. The second-order valence-electron chi connectivity index (χ2n) is 6.14. The number of nitrogens with two attached hydrogens (primary N) is 1. The van der Waals surface area contributed by atoms with Gasteiger partial charge in [0, 0.05) is 36.5 Å². The normalized spacial score (nSPS) is 30.7. The Kier molecular flexibility index (Phi) is 4.41. The summed E-state index contributed by atoms with van der Waals surface area (Å²) in [6.45, 7) is 2.36.